The zero-order valence-corrected chi connectivity index (χ0v) is 14.7. The standard InChI is InChI=1S/C18H17ClN4O3/c19-13-10-12(11-20-16(13)24)17(25)22-6-3-7-23(9-8-22)18-21-14-4-1-2-5-15(14)26-18/h1-2,4-5,10-11H,3,6-9H2,(H,20,24). The molecule has 3 aromatic rings. The zero-order chi connectivity index (χ0) is 18.1. The summed E-state index contributed by atoms with van der Waals surface area (Å²) in [5.74, 6) is -0.150. The van der Waals surface area contributed by atoms with Crippen molar-refractivity contribution in [2.24, 2.45) is 0 Å². The Hall–Kier alpha value is -2.80. The van der Waals surface area contributed by atoms with Crippen LogP contribution < -0.4 is 10.5 Å². The van der Waals surface area contributed by atoms with Gasteiger partial charge in [0.05, 0.1) is 5.56 Å². The molecule has 1 aromatic carbocycles. The maximum absolute atomic E-state index is 12.7. The summed E-state index contributed by atoms with van der Waals surface area (Å²) in [6, 6.07) is 9.62. The van der Waals surface area contributed by atoms with Crippen molar-refractivity contribution in [3.8, 4) is 0 Å². The van der Waals surface area contributed by atoms with Crippen LogP contribution in [-0.4, -0.2) is 47.0 Å². The van der Waals surface area contributed by atoms with E-state index in [9.17, 15) is 9.59 Å². The van der Waals surface area contributed by atoms with Crippen LogP contribution in [0.3, 0.4) is 0 Å². The summed E-state index contributed by atoms with van der Waals surface area (Å²) in [4.78, 5) is 34.9. The van der Waals surface area contributed by atoms with Crippen molar-refractivity contribution in [2.75, 3.05) is 31.1 Å². The number of fused-ring (bicyclic) bond motifs is 1. The van der Waals surface area contributed by atoms with Crippen LogP contribution in [0.2, 0.25) is 5.02 Å². The molecule has 3 heterocycles. The minimum absolute atomic E-state index is 0.0128. The Morgan fingerprint density at radius 2 is 2.04 bits per heavy atom. The van der Waals surface area contributed by atoms with Crippen LogP contribution in [-0.2, 0) is 0 Å². The van der Waals surface area contributed by atoms with E-state index in [2.05, 4.69) is 9.97 Å². The number of aromatic amines is 1. The minimum atomic E-state index is -0.402. The highest BCUT2D eigenvalue weighted by Crippen LogP contribution is 2.23. The minimum Gasteiger partial charge on any atom is -0.423 e. The molecule has 134 valence electrons. The van der Waals surface area contributed by atoms with Gasteiger partial charge in [-0.1, -0.05) is 23.7 Å². The number of benzene rings is 1. The molecule has 1 amide bonds. The van der Waals surface area contributed by atoms with E-state index in [-0.39, 0.29) is 10.9 Å². The maximum atomic E-state index is 12.7. The van der Waals surface area contributed by atoms with Crippen LogP contribution in [0.1, 0.15) is 16.8 Å². The van der Waals surface area contributed by atoms with Gasteiger partial charge < -0.3 is 19.2 Å². The Bertz CT molecular complexity index is 980. The quantitative estimate of drug-likeness (QED) is 0.747. The Labute approximate surface area is 154 Å². The topological polar surface area (TPSA) is 82.4 Å². The molecule has 0 atom stereocenters. The number of hydrogen-bond acceptors (Lipinski definition) is 5. The lowest BCUT2D eigenvalue weighted by molar-refractivity contribution is 0.0766. The number of rotatable bonds is 2. The molecule has 8 heteroatoms. The number of carbonyl (C=O) groups is 1. The van der Waals surface area contributed by atoms with Gasteiger partial charge >= 0.3 is 0 Å². The molecule has 26 heavy (non-hydrogen) atoms. The van der Waals surface area contributed by atoms with Crippen molar-refractivity contribution in [1.82, 2.24) is 14.9 Å². The molecule has 1 aliphatic heterocycles. The number of amides is 1. The Morgan fingerprint density at radius 3 is 2.85 bits per heavy atom. The summed E-state index contributed by atoms with van der Waals surface area (Å²) in [5, 5.41) is 0.0128. The molecule has 1 aliphatic rings. The highest BCUT2D eigenvalue weighted by molar-refractivity contribution is 6.30. The number of para-hydroxylation sites is 2. The number of aromatic nitrogens is 2. The first-order valence-electron chi connectivity index (χ1n) is 8.40. The SMILES string of the molecule is O=C(c1c[nH]c(=O)c(Cl)c1)N1CCCN(c2nc3ccccc3o2)CC1. The lowest BCUT2D eigenvalue weighted by Crippen LogP contribution is -2.35. The van der Waals surface area contributed by atoms with Gasteiger partial charge in [-0.05, 0) is 24.6 Å². The summed E-state index contributed by atoms with van der Waals surface area (Å²) < 4.78 is 5.83. The average Bonchev–Trinajstić information content (AvgIpc) is 2.93. The van der Waals surface area contributed by atoms with Crippen LogP contribution in [0, 0.1) is 0 Å². The fourth-order valence-corrected chi connectivity index (χ4v) is 3.24. The van der Waals surface area contributed by atoms with Crippen LogP contribution in [0.25, 0.3) is 11.1 Å². The fourth-order valence-electron chi connectivity index (χ4n) is 3.07. The van der Waals surface area contributed by atoms with Crippen LogP contribution >= 0.6 is 11.6 Å². The molecule has 0 radical (unpaired) electrons. The number of nitrogens with zero attached hydrogens (tertiary/aromatic N) is 3. The van der Waals surface area contributed by atoms with Crippen molar-refractivity contribution in [1.29, 1.82) is 0 Å². The number of halogens is 1. The van der Waals surface area contributed by atoms with Gasteiger partial charge in [0.2, 0.25) is 0 Å². The Balaban J connectivity index is 1.49. The summed E-state index contributed by atoms with van der Waals surface area (Å²) >= 11 is 5.83. The second-order valence-corrected chi connectivity index (χ2v) is 6.57. The monoisotopic (exact) mass is 372 g/mol. The van der Waals surface area contributed by atoms with E-state index in [1.165, 1.54) is 12.3 Å². The number of pyridine rings is 1. The van der Waals surface area contributed by atoms with Crippen LogP contribution in [0.4, 0.5) is 6.01 Å². The Morgan fingerprint density at radius 1 is 1.19 bits per heavy atom. The summed E-state index contributed by atoms with van der Waals surface area (Å²) in [5.41, 5.74) is 1.55. The van der Waals surface area contributed by atoms with Gasteiger partial charge in [-0.15, -0.1) is 0 Å². The second kappa shape index (κ2) is 6.84. The molecule has 0 spiro atoms. The first kappa shape index (κ1) is 16.7. The molecule has 0 unspecified atom stereocenters. The predicted molar refractivity (Wildman–Crippen MR) is 98.8 cm³/mol. The lowest BCUT2D eigenvalue weighted by atomic mass is 10.2. The van der Waals surface area contributed by atoms with E-state index < -0.39 is 5.56 Å². The van der Waals surface area contributed by atoms with Crippen molar-refractivity contribution < 1.29 is 9.21 Å². The number of H-pyrrole nitrogens is 1. The number of oxazole rings is 1. The number of anilines is 1. The lowest BCUT2D eigenvalue weighted by Gasteiger charge is -2.21. The van der Waals surface area contributed by atoms with Gasteiger partial charge in [0, 0.05) is 32.4 Å². The van der Waals surface area contributed by atoms with E-state index in [1.807, 2.05) is 29.2 Å². The van der Waals surface area contributed by atoms with Crippen molar-refractivity contribution in [2.45, 2.75) is 6.42 Å². The van der Waals surface area contributed by atoms with Gasteiger partial charge in [-0.25, -0.2) is 0 Å². The molecule has 1 fully saturated rings. The summed E-state index contributed by atoms with van der Waals surface area (Å²) in [6.07, 6.45) is 2.20. The van der Waals surface area contributed by atoms with Gasteiger partial charge in [0.1, 0.15) is 10.5 Å². The molecule has 4 rings (SSSR count). The third-order valence-corrected chi connectivity index (χ3v) is 4.72. The third-order valence-electron chi connectivity index (χ3n) is 4.44. The Kier molecular flexibility index (Phi) is 4.38. The largest absolute Gasteiger partial charge is 0.423 e. The normalized spacial score (nSPS) is 15.3. The van der Waals surface area contributed by atoms with E-state index in [1.54, 1.807) is 4.90 Å². The second-order valence-electron chi connectivity index (χ2n) is 6.16. The average molecular weight is 373 g/mol. The van der Waals surface area contributed by atoms with Gasteiger partial charge in [0.15, 0.2) is 5.58 Å². The highest BCUT2D eigenvalue weighted by atomic mass is 35.5. The van der Waals surface area contributed by atoms with Crippen molar-refractivity contribution >= 4 is 34.6 Å². The molecule has 1 N–H and O–H groups in total. The van der Waals surface area contributed by atoms with E-state index in [0.29, 0.717) is 31.2 Å². The fraction of sp³-hybridized carbons (Fsp3) is 0.278. The van der Waals surface area contributed by atoms with Gasteiger partial charge in [-0.2, -0.15) is 4.98 Å². The van der Waals surface area contributed by atoms with Gasteiger partial charge in [0.25, 0.3) is 17.5 Å². The number of carbonyl (C=O) groups excluding carboxylic acids is 1. The first-order chi connectivity index (χ1) is 12.6. The zero-order valence-electron chi connectivity index (χ0n) is 13.9. The number of nitrogens with one attached hydrogen (secondary N) is 1. The highest BCUT2D eigenvalue weighted by Gasteiger charge is 2.23. The van der Waals surface area contributed by atoms with Gasteiger partial charge in [-0.3, -0.25) is 9.59 Å². The van der Waals surface area contributed by atoms with E-state index >= 15 is 0 Å². The molecule has 7 nitrogen and oxygen atoms in total. The molecule has 1 saturated heterocycles. The first-order valence-corrected chi connectivity index (χ1v) is 8.77. The van der Waals surface area contributed by atoms with Crippen LogP contribution in [0.5, 0.6) is 0 Å². The smallest absolute Gasteiger partial charge is 0.298 e. The van der Waals surface area contributed by atoms with Crippen molar-refractivity contribution in [3.05, 3.63) is 57.5 Å². The molecular weight excluding hydrogens is 356 g/mol. The molecule has 0 aliphatic carbocycles. The summed E-state index contributed by atoms with van der Waals surface area (Å²) in [6.45, 7) is 2.53. The van der Waals surface area contributed by atoms with Crippen molar-refractivity contribution in [3.63, 3.8) is 0 Å². The number of hydrogen-bond donors (Lipinski definition) is 1. The predicted octanol–water partition coefficient (Wildman–Crippen LogP) is 2.52. The molecular formula is C18H17ClN4O3. The third kappa shape index (κ3) is 3.17. The maximum Gasteiger partial charge on any atom is 0.298 e. The van der Waals surface area contributed by atoms with E-state index in [0.717, 1.165) is 24.1 Å². The van der Waals surface area contributed by atoms with E-state index in [4.69, 9.17) is 16.0 Å². The van der Waals surface area contributed by atoms with Crippen LogP contribution in [0.15, 0.2) is 45.7 Å². The molecule has 2 aromatic heterocycles. The summed E-state index contributed by atoms with van der Waals surface area (Å²) in [7, 11) is 0. The molecule has 0 bridgehead atoms. The molecule has 0 saturated carbocycles.